The van der Waals surface area contributed by atoms with E-state index in [4.69, 9.17) is 4.74 Å². The molecule has 0 spiro atoms. The molecule has 5 nitrogen and oxygen atoms in total. The smallest absolute Gasteiger partial charge is 0.264 e. The molecule has 0 unspecified atom stereocenters. The van der Waals surface area contributed by atoms with Crippen molar-refractivity contribution in [2.45, 2.75) is 59.3 Å². The number of benzene rings is 2. The number of ether oxygens (including phenoxy) is 1. The first kappa shape index (κ1) is 19.2. The van der Waals surface area contributed by atoms with E-state index in [1.807, 2.05) is 52.0 Å². The lowest BCUT2D eigenvalue weighted by Gasteiger charge is -2.36. The normalized spacial score (nSPS) is 18.6. The first-order valence-electron chi connectivity index (χ1n) is 9.24. The first-order chi connectivity index (χ1) is 12.8. The summed E-state index contributed by atoms with van der Waals surface area (Å²) in [4.78, 5) is 12.9. The van der Waals surface area contributed by atoms with Crippen molar-refractivity contribution in [3.8, 4) is 11.5 Å². The Kier molecular flexibility index (Phi) is 5.16. The van der Waals surface area contributed by atoms with Gasteiger partial charge < -0.3 is 20.3 Å². The number of fused-ring (bicyclic) bond motifs is 1. The van der Waals surface area contributed by atoms with Crippen LogP contribution in [0.2, 0.25) is 0 Å². The summed E-state index contributed by atoms with van der Waals surface area (Å²) in [6.45, 7) is 7.83. The zero-order chi connectivity index (χ0) is 19.8. The van der Waals surface area contributed by atoms with Crippen LogP contribution in [0, 0.1) is 20.8 Å². The summed E-state index contributed by atoms with van der Waals surface area (Å²) in [6.07, 6.45) is 1.23. The van der Waals surface area contributed by atoms with Crippen molar-refractivity contribution in [2.75, 3.05) is 0 Å². The van der Waals surface area contributed by atoms with Gasteiger partial charge in [0, 0.05) is 18.5 Å². The molecule has 0 aliphatic carbocycles. The van der Waals surface area contributed by atoms with E-state index >= 15 is 0 Å². The molecular weight excluding hydrogens is 342 g/mol. The van der Waals surface area contributed by atoms with Crippen molar-refractivity contribution >= 4 is 5.91 Å². The number of nitrogens with one attached hydrogen (secondary N) is 1. The van der Waals surface area contributed by atoms with Gasteiger partial charge in [-0.1, -0.05) is 24.3 Å². The van der Waals surface area contributed by atoms with Crippen LogP contribution in [0.4, 0.5) is 0 Å². The fourth-order valence-corrected chi connectivity index (χ4v) is 3.61. The van der Waals surface area contributed by atoms with Crippen LogP contribution in [-0.2, 0) is 24.4 Å². The van der Waals surface area contributed by atoms with Crippen molar-refractivity contribution in [1.82, 2.24) is 5.32 Å². The van der Waals surface area contributed by atoms with Gasteiger partial charge in [0.2, 0.25) is 0 Å². The van der Waals surface area contributed by atoms with Gasteiger partial charge in [0.1, 0.15) is 11.5 Å². The SMILES string of the molecule is Cc1c(C)c2c(c(C)c1O)CC[C@](C)(C(=O)NCc1cccc(CO)c1)O2. The molecule has 1 aliphatic rings. The Labute approximate surface area is 160 Å². The summed E-state index contributed by atoms with van der Waals surface area (Å²) >= 11 is 0. The second-order valence-corrected chi connectivity index (χ2v) is 7.52. The average molecular weight is 369 g/mol. The van der Waals surface area contributed by atoms with Crippen molar-refractivity contribution in [3.05, 3.63) is 57.6 Å². The lowest BCUT2D eigenvalue weighted by atomic mass is 9.86. The molecule has 0 bridgehead atoms. The van der Waals surface area contributed by atoms with Gasteiger partial charge in [0.25, 0.3) is 5.91 Å². The summed E-state index contributed by atoms with van der Waals surface area (Å²) < 4.78 is 6.20. The molecule has 0 aromatic heterocycles. The van der Waals surface area contributed by atoms with Gasteiger partial charge in [-0.2, -0.15) is 0 Å². The highest BCUT2D eigenvalue weighted by atomic mass is 16.5. The molecule has 144 valence electrons. The Morgan fingerprint density at radius 2 is 1.89 bits per heavy atom. The maximum Gasteiger partial charge on any atom is 0.264 e. The monoisotopic (exact) mass is 369 g/mol. The fourth-order valence-electron chi connectivity index (χ4n) is 3.61. The van der Waals surface area contributed by atoms with Crippen LogP contribution in [0.1, 0.15) is 46.7 Å². The molecule has 0 saturated heterocycles. The molecule has 0 fully saturated rings. The minimum atomic E-state index is -0.956. The number of aliphatic hydroxyl groups is 1. The molecule has 1 aliphatic heterocycles. The molecule has 1 atom stereocenters. The molecule has 0 radical (unpaired) electrons. The highest BCUT2D eigenvalue weighted by molar-refractivity contribution is 5.85. The summed E-state index contributed by atoms with van der Waals surface area (Å²) in [5.41, 5.74) is 4.27. The third-order valence-electron chi connectivity index (χ3n) is 5.63. The number of hydrogen-bond acceptors (Lipinski definition) is 4. The largest absolute Gasteiger partial charge is 0.507 e. The molecule has 2 aromatic rings. The molecule has 0 saturated carbocycles. The third kappa shape index (κ3) is 3.52. The number of phenolic OH excluding ortho intramolecular Hbond substituents is 1. The highest BCUT2D eigenvalue weighted by Crippen LogP contribution is 2.43. The quantitative estimate of drug-likeness (QED) is 0.773. The summed E-state index contributed by atoms with van der Waals surface area (Å²) in [6, 6.07) is 7.50. The summed E-state index contributed by atoms with van der Waals surface area (Å²) in [7, 11) is 0. The number of carbonyl (C=O) groups excluding carboxylic acids is 1. The topological polar surface area (TPSA) is 78.8 Å². The molecule has 1 heterocycles. The Morgan fingerprint density at radius 3 is 2.59 bits per heavy atom. The fraction of sp³-hybridized carbons (Fsp3) is 0.409. The zero-order valence-electron chi connectivity index (χ0n) is 16.3. The van der Waals surface area contributed by atoms with Gasteiger partial charge >= 0.3 is 0 Å². The number of aromatic hydroxyl groups is 1. The van der Waals surface area contributed by atoms with E-state index in [-0.39, 0.29) is 12.5 Å². The van der Waals surface area contributed by atoms with Crippen molar-refractivity contribution in [1.29, 1.82) is 0 Å². The molecule has 3 N–H and O–H groups in total. The molecule has 2 aromatic carbocycles. The molecule has 3 rings (SSSR count). The first-order valence-corrected chi connectivity index (χ1v) is 9.24. The number of phenols is 1. The number of amides is 1. The maximum atomic E-state index is 12.9. The maximum absolute atomic E-state index is 12.9. The minimum absolute atomic E-state index is 0.0236. The van der Waals surface area contributed by atoms with E-state index < -0.39 is 5.60 Å². The third-order valence-corrected chi connectivity index (χ3v) is 5.63. The van der Waals surface area contributed by atoms with Crippen molar-refractivity contribution < 1.29 is 19.7 Å². The van der Waals surface area contributed by atoms with Gasteiger partial charge in [-0.05, 0) is 61.9 Å². The molecule has 27 heavy (non-hydrogen) atoms. The van der Waals surface area contributed by atoms with Crippen molar-refractivity contribution in [2.24, 2.45) is 0 Å². The Bertz CT molecular complexity index is 890. The van der Waals surface area contributed by atoms with Crippen LogP contribution in [0.15, 0.2) is 24.3 Å². The minimum Gasteiger partial charge on any atom is -0.507 e. The Balaban J connectivity index is 1.78. The van der Waals surface area contributed by atoms with Crippen LogP contribution in [-0.4, -0.2) is 21.7 Å². The summed E-state index contributed by atoms with van der Waals surface area (Å²) in [5.74, 6) is 0.867. The second kappa shape index (κ2) is 7.24. The van der Waals surface area contributed by atoms with E-state index in [0.717, 1.165) is 33.4 Å². The zero-order valence-corrected chi connectivity index (χ0v) is 16.3. The lowest BCUT2D eigenvalue weighted by Crippen LogP contribution is -2.50. The van der Waals surface area contributed by atoms with E-state index in [1.165, 1.54) is 0 Å². The predicted molar refractivity (Wildman–Crippen MR) is 104 cm³/mol. The highest BCUT2D eigenvalue weighted by Gasteiger charge is 2.40. The van der Waals surface area contributed by atoms with Gasteiger partial charge in [0.05, 0.1) is 6.61 Å². The van der Waals surface area contributed by atoms with E-state index in [2.05, 4.69) is 5.32 Å². The van der Waals surface area contributed by atoms with Crippen LogP contribution in [0.3, 0.4) is 0 Å². The molecule has 1 amide bonds. The Hall–Kier alpha value is -2.53. The second-order valence-electron chi connectivity index (χ2n) is 7.52. The van der Waals surface area contributed by atoms with Crippen molar-refractivity contribution in [3.63, 3.8) is 0 Å². The van der Waals surface area contributed by atoms with E-state index in [1.54, 1.807) is 0 Å². The average Bonchev–Trinajstić information content (AvgIpc) is 2.68. The number of rotatable bonds is 4. The van der Waals surface area contributed by atoms with Crippen LogP contribution >= 0.6 is 0 Å². The van der Waals surface area contributed by atoms with Crippen LogP contribution in [0.5, 0.6) is 11.5 Å². The van der Waals surface area contributed by atoms with Gasteiger partial charge in [-0.25, -0.2) is 0 Å². The van der Waals surface area contributed by atoms with E-state index in [0.29, 0.717) is 30.9 Å². The molecule has 5 heteroatoms. The van der Waals surface area contributed by atoms with Gasteiger partial charge in [-0.3, -0.25) is 4.79 Å². The van der Waals surface area contributed by atoms with Crippen LogP contribution in [0.25, 0.3) is 0 Å². The standard InChI is InChI=1S/C22H27NO4/c1-13-14(2)20-18(15(3)19(13)25)8-9-22(4,27-20)21(26)23-11-16-6-5-7-17(10-16)12-24/h5-7,10,24-25H,8-9,11-12H2,1-4H3,(H,23,26)/t22-/m1/s1. The number of carbonyl (C=O) groups is 1. The lowest BCUT2D eigenvalue weighted by molar-refractivity contribution is -0.137. The van der Waals surface area contributed by atoms with Crippen LogP contribution < -0.4 is 10.1 Å². The Morgan fingerprint density at radius 1 is 1.19 bits per heavy atom. The van der Waals surface area contributed by atoms with Gasteiger partial charge in [-0.15, -0.1) is 0 Å². The predicted octanol–water partition coefficient (Wildman–Crippen LogP) is 3.21. The van der Waals surface area contributed by atoms with E-state index in [9.17, 15) is 15.0 Å². The molecular formula is C22H27NO4. The summed E-state index contributed by atoms with van der Waals surface area (Å²) in [5, 5.41) is 22.5. The number of aliphatic hydroxyl groups excluding tert-OH is 1. The van der Waals surface area contributed by atoms with Gasteiger partial charge in [0.15, 0.2) is 5.60 Å². The number of hydrogen-bond donors (Lipinski definition) is 3.